The lowest BCUT2D eigenvalue weighted by atomic mass is 9.83. The number of piperidine rings is 1. The Morgan fingerprint density at radius 2 is 2.20 bits per heavy atom. The minimum Gasteiger partial charge on any atom is -0.343 e. The molecule has 1 unspecified atom stereocenters. The second-order valence-electron chi connectivity index (χ2n) is 4.06. The van der Waals surface area contributed by atoms with Crippen LogP contribution in [0, 0.1) is 23.2 Å². The van der Waals surface area contributed by atoms with Crippen LogP contribution >= 0.6 is 0 Å². The molecule has 3 nitrogen and oxygen atoms in total. The molecule has 1 amide bonds. The Morgan fingerprint density at radius 3 is 2.60 bits per heavy atom. The third-order valence-corrected chi connectivity index (χ3v) is 3.14. The van der Waals surface area contributed by atoms with Gasteiger partial charge in [0, 0.05) is 20.0 Å². The second-order valence-corrected chi connectivity index (χ2v) is 4.06. The van der Waals surface area contributed by atoms with Crippen LogP contribution in [-0.2, 0) is 4.79 Å². The van der Waals surface area contributed by atoms with Gasteiger partial charge < -0.3 is 4.90 Å². The summed E-state index contributed by atoms with van der Waals surface area (Å²) in [6.07, 6.45) is 2.00. The Hall–Kier alpha value is -1.11. The predicted octanol–water partition coefficient (Wildman–Crippen LogP) is 1.74. The first-order valence-electron chi connectivity index (χ1n) is 5.40. The molecule has 84 valence electrons. The van der Waals surface area contributed by atoms with Crippen LogP contribution in [0.4, 0.5) is 4.39 Å². The maximum atomic E-state index is 12.2. The Morgan fingerprint density at radius 1 is 1.60 bits per heavy atom. The van der Waals surface area contributed by atoms with E-state index in [1.165, 1.54) is 0 Å². The number of nitriles is 1. The summed E-state index contributed by atoms with van der Waals surface area (Å²) >= 11 is 0. The third-order valence-electron chi connectivity index (χ3n) is 3.14. The molecule has 0 radical (unpaired) electrons. The lowest BCUT2D eigenvalue weighted by molar-refractivity contribution is -0.130. The minimum atomic E-state index is -0.425. The molecule has 4 heteroatoms. The van der Waals surface area contributed by atoms with Crippen molar-refractivity contribution in [2.24, 2.45) is 11.8 Å². The van der Waals surface area contributed by atoms with Crippen LogP contribution in [0.1, 0.15) is 26.2 Å². The monoisotopic (exact) mass is 212 g/mol. The first-order valence-corrected chi connectivity index (χ1v) is 5.40. The van der Waals surface area contributed by atoms with Crippen molar-refractivity contribution in [3.8, 4) is 6.07 Å². The van der Waals surface area contributed by atoms with Crippen LogP contribution in [-0.4, -0.2) is 30.6 Å². The fourth-order valence-electron chi connectivity index (χ4n) is 2.14. The number of halogens is 1. The van der Waals surface area contributed by atoms with E-state index < -0.39 is 6.67 Å². The first kappa shape index (κ1) is 12.0. The number of carbonyl (C=O) groups excluding carboxylic acids is 1. The van der Waals surface area contributed by atoms with Crippen LogP contribution in [0.3, 0.4) is 0 Å². The zero-order chi connectivity index (χ0) is 11.3. The Kier molecular flexibility index (Phi) is 4.54. The van der Waals surface area contributed by atoms with Gasteiger partial charge in [-0.2, -0.15) is 5.26 Å². The van der Waals surface area contributed by atoms with E-state index in [-0.39, 0.29) is 17.7 Å². The first-order chi connectivity index (χ1) is 7.19. The Balaban J connectivity index is 2.42. The normalized spacial score (nSPS) is 19.7. The lowest BCUT2D eigenvalue weighted by Crippen LogP contribution is -2.38. The molecular weight excluding hydrogens is 195 g/mol. The van der Waals surface area contributed by atoms with Crippen LogP contribution in [0.25, 0.3) is 0 Å². The van der Waals surface area contributed by atoms with Crippen molar-refractivity contribution in [2.45, 2.75) is 26.2 Å². The zero-order valence-electron chi connectivity index (χ0n) is 9.08. The fourth-order valence-corrected chi connectivity index (χ4v) is 2.14. The molecule has 1 aliphatic rings. The van der Waals surface area contributed by atoms with Crippen LogP contribution in [0.5, 0.6) is 0 Å². The summed E-state index contributed by atoms with van der Waals surface area (Å²) in [5.41, 5.74) is 0. The van der Waals surface area contributed by atoms with Crippen molar-refractivity contribution in [3.63, 3.8) is 0 Å². The zero-order valence-corrected chi connectivity index (χ0v) is 9.08. The molecule has 0 saturated carbocycles. The highest BCUT2D eigenvalue weighted by molar-refractivity contribution is 5.73. The average molecular weight is 212 g/mol. The number of nitrogens with zero attached hydrogens (tertiary/aromatic N) is 2. The fraction of sp³-hybridized carbons (Fsp3) is 0.818. The topological polar surface area (TPSA) is 44.1 Å². The number of hydrogen-bond acceptors (Lipinski definition) is 2. The van der Waals surface area contributed by atoms with Gasteiger partial charge in [-0.05, 0) is 25.2 Å². The van der Waals surface area contributed by atoms with Gasteiger partial charge in [-0.25, -0.2) is 0 Å². The molecule has 1 saturated heterocycles. The van der Waals surface area contributed by atoms with Crippen molar-refractivity contribution in [1.82, 2.24) is 4.90 Å². The van der Waals surface area contributed by atoms with Gasteiger partial charge in [0.1, 0.15) is 0 Å². The highest BCUT2D eigenvalue weighted by Crippen LogP contribution is 2.27. The van der Waals surface area contributed by atoms with Crippen LogP contribution in [0.2, 0.25) is 0 Å². The van der Waals surface area contributed by atoms with E-state index in [4.69, 9.17) is 5.26 Å². The summed E-state index contributed by atoms with van der Waals surface area (Å²) in [5, 5.41) is 8.89. The molecule has 0 bridgehead atoms. The van der Waals surface area contributed by atoms with Gasteiger partial charge in [0.2, 0.25) is 5.91 Å². The van der Waals surface area contributed by atoms with Crippen LogP contribution < -0.4 is 0 Å². The third kappa shape index (κ3) is 3.19. The van der Waals surface area contributed by atoms with Gasteiger partial charge in [0.25, 0.3) is 0 Å². The van der Waals surface area contributed by atoms with E-state index in [1.54, 1.807) is 11.8 Å². The molecule has 0 aromatic heterocycles. The number of carbonyl (C=O) groups is 1. The maximum absolute atomic E-state index is 12.2. The van der Waals surface area contributed by atoms with Crippen molar-refractivity contribution in [2.75, 3.05) is 19.8 Å². The molecule has 0 aromatic rings. The van der Waals surface area contributed by atoms with Crippen LogP contribution in [0.15, 0.2) is 0 Å². The van der Waals surface area contributed by atoms with Crippen molar-refractivity contribution < 1.29 is 9.18 Å². The molecule has 15 heavy (non-hydrogen) atoms. The highest BCUT2D eigenvalue weighted by Gasteiger charge is 2.26. The van der Waals surface area contributed by atoms with E-state index in [0.29, 0.717) is 19.5 Å². The molecule has 0 N–H and O–H groups in total. The molecule has 1 atom stereocenters. The molecular formula is C11H17FN2O. The van der Waals surface area contributed by atoms with E-state index >= 15 is 0 Å². The number of likely N-dealkylation sites (tertiary alicyclic amines) is 1. The lowest BCUT2D eigenvalue weighted by Gasteiger charge is -2.33. The van der Waals surface area contributed by atoms with E-state index in [0.717, 1.165) is 12.8 Å². The average Bonchev–Trinajstić information content (AvgIpc) is 2.26. The van der Waals surface area contributed by atoms with E-state index in [2.05, 4.69) is 6.07 Å². The van der Waals surface area contributed by atoms with E-state index in [9.17, 15) is 9.18 Å². The number of amides is 1. The quantitative estimate of drug-likeness (QED) is 0.715. The van der Waals surface area contributed by atoms with Gasteiger partial charge in [0.15, 0.2) is 0 Å². The maximum Gasteiger partial charge on any atom is 0.219 e. The molecule has 0 aromatic carbocycles. The van der Waals surface area contributed by atoms with E-state index in [1.807, 2.05) is 0 Å². The molecule has 1 aliphatic heterocycles. The van der Waals surface area contributed by atoms with Gasteiger partial charge in [-0.15, -0.1) is 0 Å². The molecule has 1 heterocycles. The van der Waals surface area contributed by atoms with Crippen molar-refractivity contribution in [3.05, 3.63) is 0 Å². The second kappa shape index (κ2) is 5.69. The molecule has 1 fully saturated rings. The van der Waals surface area contributed by atoms with Crippen molar-refractivity contribution in [1.29, 1.82) is 5.26 Å². The summed E-state index contributed by atoms with van der Waals surface area (Å²) in [5.74, 6) is 0.179. The summed E-state index contributed by atoms with van der Waals surface area (Å²) in [6.45, 7) is 2.56. The predicted molar refractivity (Wildman–Crippen MR) is 54.7 cm³/mol. The largest absolute Gasteiger partial charge is 0.343 e. The van der Waals surface area contributed by atoms with Gasteiger partial charge >= 0.3 is 0 Å². The summed E-state index contributed by atoms with van der Waals surface area (Å²) in [7, 11) is 0. The smallest absolute Gasteiger partial charge is 0.219 e. The number of rotatable bonds is 3. The van der Waals surface area contributed by atoms with Gasteiger partial charge in [-0.3, -0.25) is 9.18 Å². The summed E-state index contributed by atoms with van der Waals surface area (Å²) < 4.78 is 12.2. The number of hydrogen-bond donors (Lipinski definition) is 0. The van der Waals surface area contributed by atoms with Gasteiger partial charge in [0.05, 0.1) is 18.7 Å². The van der Waals surface area contributed by atoms with Crippen molar-refractivity contribution >= 4 is 5.91 Å². The minimum absolute atomic E-state index is 0.0902. The Labute approximate surface area is 89.9 Å². The summed E-state index contributed by atoms with van der Waals surface area (Å²) in [6, 6.07) is 2.17. The molecule has 0 aliphatic carbocycles. The SMILES string of the molecule is CC(=O)N1CCC(C(C#N)CCF)CC1. The highest BCUT2D eigenvalue weighted by atomic mass is 19.1. The van der Waals surface area contributed by atoms with Gasteiger partial charge in [-0.1, -0.05) is 0 Å². The standard InChI is InChI=1S/C11H17FN2O/c1-9(15)14-6-3-10(4-7-14)11(8-13)2-5-12/h10-11H,2-7H2,1H3. The molecule has 1 rings (SSSR count). The number of alkyl halides is 1. The molecule has 0 spiro atoms. The Bertz CT molecular complexity index is 254. The summed E-state index contributed by atoms with van der Waals surface area (Å²) in [4.78, 5) is 12.9.